The lowest BCUT2D eigenvalue weighted by molar-refractivity contribution is -0.130. The van der Waals surface area contributed by atoms with Crippen LogP contribution in [0.15, 0.2) is 23.4 Å². The van der Waals surface area contributed by atoms with E-state index in [2.05, 4.69) is 10.2 Å². The van der Waals surface area contributed by atoms with Crippen LogP contribution in [0.25, 0.3) is 16.7 Å². The Kier molecular flexibility index (Phi) is 6.88. The number of benzene rings is 1. The van der Waals surface area contributed by atoms with Crippen molar-refractivity contribution in [2.24, 2.45) is 0 Å². The van der Waals surface area contributed by atoms with E-state index in [4.69, 9.17) is 22.0 Å². The molecule has 0 aliphatic heterocycles. The highest BCUT2D eigenvalue weighted by Crippen LogP contribution is 2.29. The van der Waals surface area contributed by atoms with Gasteiger partial charge in [-0.05, 0) is 57.9 Å². The number of carbonyl (C=O) groups excluding carboxylic acids is 1. The number of aryl methyl sites for hydroxylation is 2. The Hall–Kier alpha value is -2.32. The molecule has 160 valence electrons. The number of H-pyrrole nitrogens is 1. The number of carbonyl (C=O) groups is 1. The lowest BCUT2D eigenvalue weighted by atomic mass is 10.2. The minimum atomic E-state index is -0.297. The minimum Gasteiger partial charge on any atom is -0.342 e. The van der Waals surface area contributed by atoms with Crippen LogP contribution in [0.5, 0.6) is 0 Å². The number of aromatic amines is 1. The van der Waals surface area contributed by atoms with Gasteiger partial charge in [-0.2, -0.15) is 5.10 Å². The summed E-state index contributed by atoms with van der Waals surface area (Å²) in [6, 6.07) is 5.62. The lowest BCUT2D eigenvalue weighted by Gasteiger charge is -2.24. The molecule has 2 N–H and O–H groups in total. The van der Waals surface area contributed by atoms with Crippen LogP contribution >= 0.6 is 23.4 Å². The predicted octanol–water partition coefficient (Wildman–Crippen LogP) is 4.24. The smallest absolute Gasteiger partial charge is 0.236 e. The molecule has 0 unspecified atom stereocenters. The highest BCUT2D eigenvalue weighted by Gasteiger charge is 2.25. The van der Waals surface area contributed by atoms with Crippen LogP contribution in [-0.4, -0.2) is 48.9 Å². The quantitative estimate of drug-likeness (QED) is 0.419. The maximum Gasteiger partial charge on any atom is 0.236 e. The third-order valence-electron chi connectivity index (χ3n) is 5.15. The first-order valence-electron chi connectivity index (χ1n) is 10.1. The van der Waals surface area contributed by atoms with Gasteiger partial charge in [0.15, 0.2) is 10.8 Å². The maximum absolute atomic E-state index is 13.0. The number of amides is 1. The van der Waals surface area contributed by atoms with Crippen molar-refractivity contribution in [1.29, 1.82) is 5.41 Å². The van der Waals surface area contributed by atoms with Crippen molar-refractivity contribution >= 4 is 40.3 Å². The number of aromatic nitrogens is 4. The molecule has 0 saturated carbocycles. The van der Waals surface area contributed by atoms with Crippen LogP contribution in [0.1, 0.15) is 38.4 Å². The Morgan fingerprint density at radius 3 is 2.60 bits per heavy atom. The summed E-state index contributed by atoms with van der Waals surface area (Å²) in [5.74, 6) is 0.0815. The Morgan fingerprint density at radius 1 is 1.30 bits per heavy atom. The summed E-state index contributed by atoms with van der Waals surface area (Å²) in [5, 5.41) is 17.6. The van der Waals surface area contributed by atoms with E-state index in [0.717, 1.165) is 16.9 Å². The molecule has 7 nitrogen and oxygen atoms in total. The molecule has 1 aromatic carbocycles. The zero-order chi connectivity index (χ0) is 22.0. The Labute approximate surface area is 185 Å². The largest absolute Gasteiger partial charge is 0.342 e. The molecule has 1 atom stereocenters. The first-order chi connectivity index (χ1) is 14.3. The Bertz CT molecular complexity index is 1130. The molecule has 0 bridgehead atoms. The fraction of sp³-hybridized carbons (Fsp3) is 0.429. The SMILES string of the molecule is CC[C@@H](Sc1nc2n[nH]c(C)c2c(=N)n1-c1ccc(Cl)c(C)c1)C(=O)N(CC)CC. The van der Waals surface area contributed by atoms with Crippen LogP contribution < -0.4 is 5.49 Å². The van der Waals surface area contributed by atoms with Crippen molar-refractivity contribution in [2.45, 2.75) is 51.4 Å². The molecule has 0 aliphatic carbocycles. The number of rotatable bonds is 7. The summed E-state index contributed by atoms with van der Waals surface area (Å²) in [6.07, 6.45) is 0.659. The van der Waals surface area contributed by atoms with Crippen molar-refractivity contribution in [3.05, 3.63) is 40.0 Å². The molecule has 3 rings (SSSR count). The second kappa shape index (κ2) is 9.22. The van der Waals surface area contributed by atoms with Gasteiger partial charge in [-0.15, -0.1) is 0 Å². The first-order valence-corrected chi connectivity index (χ1v) is 11.3. The summed E-state index contributed by atoms with van der Waals surface area (Å²) >= 11 is 7.60. The van der Waals surface area contributed by atoms with Crippen molar-refractivity contribution in [1.82, 2.24) is 24.6 Å². The van der Waals surface area contributed by atoms with Crippen molar-refractivity contribution in [3.8, 4) is 5.69 Å². The van der Waals surface area contributed by atoms with Crippen molar-refractivity contribution < 1.29 is 4.79 Å². The molecule has 0 radical (unpaired) electrons. The van der Waals surface area contributed by atoms with Crippen LogP contribution in [0.3, 0.4) is 0 Å². The minimum absolute atomic E-state index is 0.0815. The highest BCUT2D eigenvalue weighted by atomic mass is 35.5. The number of halogens is 1. The lowest BCUT2D eigenvalue weighted by Crippen LogP contribution is -2.37. The second-order valence-electron chi connectivity index (χ2n) is 7.08. The molecule has 30 heavy (non-hydrogen) atoms. The average molecular weight is 447 g/mol. The molecule has 9 heteroatoms. The molecule has 1 amide bonds. The van der Waals surface area contributed by atoms with Crippen LogP contribution in [0.4, 0.5) is 0 Å². The average Bonchev–Trinajstić information content (AvgIpc) is 3.10. The van der Waals surface area contributed by atoms with Gasteiger partial charge in [-0.1, -0.05) is 30.3 Å². The molecule has 0 fully saturated rings. The molecule has 2 heterocycles. The predicted molar refractivity (Wildman–Crippen MR) is 121 cm³/mol. The summed E-state index contributed by atoms with van der Waals surface area (Å²) in [6.45, 7) is 11.1. The monoisotopic (exact) mass is 446 g/mol. The van der Waals surface area contributed by atoms with Crippen molar-refractivity contribution in [2.75, 3.05) is 13.1 Å². The molecular weight excluding hydrogens is 420 g/mol. The molecule has 3 aromatic rings. The van der Waals surface area contributed by atoms with Gasteiger partial charge in [0.05, 0.1) is 10.6 Å². The van der Waals surface area contributed by atoms with Gasteiger partial charge in [0.2, 0.25) is 5.91 Å². The number of nitrogens with zero attached hydrogens (tertiary/aromatic N) is 4. The van der Waals surface area contributed by atoms with E-state index < -0.39 is 0 Å². The van der Waals surface area contributed by atoms with E-state index in [0.29, 0.717) is 40.7 Å². The fourth-order valence-electron chi connectivity index (χ4n) is 3.39. The van der Waals surface area contributed by atoms with Crippen LogP contribution in [0, 0.1) is 19.3 Å². The van der Waals surface area contributed by atoms with E-state index in [-0.39, 0.29) is 16.6 Å². The maximum atomic E-state index is 13.0. The number of nitrogens with one attached hydrogen (secondary N) is 2. The summed E-state index contributed by atoms with van der Waals surface area (Å²) in [4.78, 5) is 19.6. The van der Waals surface area contributed by atoms with Gasteiger partial charge >= 0.3 is 0 Å². The highest BCUT2D eigenvalue weighted by molar-refractivity contribution is 8.00. The van der Waals surface area contributed by atoms with E-state index >= 15 is 0 Å². The van der Waals surface area contributed by atoms with Crippen LogP contribution in [-0.2, 0) is 4.79 Å². The molecule has 0 spiro atoms. The van der Waals surface area contributed by atoms with Gasteiger partial charge in [0.1, 0.15) is 5.49 Å². The topological polar surface area (TPSA) is 90.7 Å². The number of hydrogen-bond acceptors (Lipinski definition) is 5. The van der Waals surface area contributed by atoms with Gasteiger partial charge in [-0.25, -0.2) is 4.98 Å². The zero-order valence-corrected chi connectivity index (χ0v) is 19.5. The summed E-state index contributed by atoms with van der Waals surface area (Å²) in [5.41, 5.74) is 3.23. The van der Waals surface area contributed by atoms with Crippen LogP contribution in [0.2, 0.25) is 5.02 Å². The van der Waals surface area contributed by atoms with Gasteiger partial charge in [0, 0.05) is 29.5 Å². The van der Waals surface area contributed by atoms with E-state index in [9.17, 15) is 4.79 Å². The molecule has 0 aliphatic rings. The molecule has 0 saturated heterocycles. The van der Waals surface area contributed by atoms with Gasteiger partial charge in [0.25, 0.3) is 0 Å². The number of fused-ring (bicyclic) bond motifs is 1. The standard InChI is InChI=1S/C21H27ClN6OS/c1-6-16(20(29)27(7-2)8-3)30-21-24-19-17(13(5)25-26-19)18(23)28(21)14-9-10-15(22)12(4)11-14/h9-11,16,23H,6-8H2,1-5H3,(H,25,26)/t16-/m1/s1. The van der Waals surface area contributed by atoms with E-state index in [1.54, 1.807) is 4.57 Å². The third-order valence-corrected chi connectivity index (χ3v) is 6.88. The fourth-order valence-corrected chi connectivity index (χ4v) is 4.62. The van der Waals surface area contributed by atoms with Gasteiger partial charge in [-0.3, -0.25) is 19.9 Å². The molecular formula is C21H27ClN6OS. The second-order valence-corrected chi connectivity index (χ2v) is 8.66. The zero-order valence-electron chi connectivity index (χ0n) is 17.9. The number of hydrogen-bond donors (Lipinski definition) is 2. The summed E-state index contributed by atoms with van der Waals surface area (Å²) < 4.78 is 1.77. The van der Waals surface area contributed by atoms with Crippen molar-refractivity contribution in [3.63, 3.8) is 0 Å². The number of thioether (sulfide) groups is 1. The summed E-state index contributed by atoms with van der Waals surface area (Å²) in [7, 11) is 0. The van der Waals surface area contributed by atoms with E-state index in [1.165, 1.54) is 11.8 Å². The Balaban J connectivity index is 2.18. The van der Waals surface area contributed by atoms with E-state index in [1.807, 2.05) is 57.7 Å². The first kappa shape index (κ1) is 22.4. The van der Waals surface area contributed by atoms with Gasteiger partial charge < -0.3 is 4.90 Å². The third kappa shape index (κ3) is 4.11. The Morgan fingerprint density at radius 2 is 2.00 bits per heavy atom. The normalized spacial score (nSPS) is 12.3. The molecule has 2 aromatic heterocycles.